The minimum absolute atomic E-state index is 0.105. The maximum absolute atomic E-state index is 12.7. The fourth-order valence-corrected chi connectivity index (χ4v) is 4.53. The van der Waals surface area contributed by atoms with Crippen LogP contribution < -0.4 is 10.2 Å². The zero-order valence-electron chi connectivity index (χ0n) is 18.0. The van der Waals surface area contributed by atoms with Crippen LogP contribution in [0.1, 0.15) is 30.6 Å². The molecule has 1 aromatic carbocycles. The van der Waals surface area contributed by atoms with Crippen molar-refractivity contribution in [3.63, 3.8) is 0 Å². The van der Waals surface area contributed by atoms with Crippen molar-refractivity contribution in [2.45, 2.75) is 20.3 Å². The molecule has 164 valence electrons. The zero-order valence-corrected chi connectivity index (χ0v) is 18.0. The number of nitrogens with one attached hydrogen (secondary N) is 1. The molecule has 2 aliphatic rings. The van der Waals surface area contributed by atoms with Gasteiger partial charge in [0.1, 0.15) is 0 Å². The number of hydrogen-bond donors (Lipinski definition) is 1. The Bertz CT molecular complexity index is 797. The van der Waals surface area contributed by atoms with Crippen molar-refractivity contribution < 1.29 is 14.5 Å². The number of rotatable bonds is 5. The van der Waals surface area contributed by atoms with Crippen molar-refractivity contribution in [3.8, 4) is 0 Å². The summed E-state index contributed by atoms with van der Waals surface area (Å²) >= 11 is 0. The summed E-state index contributed by atoms with van der Waals surface area (Å²) in [6, 6.07) is 4.39. The highest BCUT2D eigenvalue weighted by Gasteiger charge is 2.28. The summed E-state index contributed by atoms with van der Waals surface area (Å²) in [6.07, 6.45) is 1.17. The number of benzene rings is 1. The fraction of sp³-hybridized carbons (Fsp3) is 0.619. The van der Waals surface area contributed by atoms with Gasteiger partial charge in [0.05, 0.1) is 22.7 Å². The molecule has 1 N–H and O–H groups in total. The van der Waals surface area contributed by atoms with E-state index in [-0.39, 0.29) is 17.5 Å². The van der Waals surface area contributed by atoms with E-state index in [0.29, 0.717) is 55.8 Å². The second-order valence-corrected chi connectivity index (χ2v) is 8.55. The molecule has 0 spiro atoms. The molecule has 2 fully saturated rings. The molecule has 0 saturated carbocycles. The normalized spacial score (nSPS) is 22.6. The third-order valence-electron chi connectivity index (χ3n) is 5.96. The van der Waals surface area contributed by atoms with E-state index in [1.165, 1.54) is 25.6 Å². The van der Waals surface area contributed by atoms with Crippen LogP contribution in [0.5, 0.6) is 0 Å². The third kappa shape index (κ3) is 5.08. The Morgan fingerprint density at radius 3 is 2.33 bits per heavy atom. The molecule has 1 aromatic rings. The molecular weight excluding hydrogens is 386 g/mol. The molecule has 2 unspecified atom stereocenters. The molecule has 3 rings (SSSR count). The summed E-state index contributed by atoms with van der Waals surface area (Å²) in [5.74, 6) is 0.919. The maximum Gasteiger partial charge on any atom is 0.270 e. The Morgan fingerprint density at radius 2 is 1.77 bits per heavy atom. The summed E-state index contributed by atoms with van der Waals surface area (Å²) in [5, 5.41) is 13.6. The van der Waals surface area contributed by atoms with Crippen LogP contribution in [0.2, 0.25) is 0 Å². The van der Waals surface area contributed by atoms with Gasteiger partial charge in [-0.3, -0.25) is 24.6 Å². The van der Waals surface area contributed by atoms with Gasteiger partial charge in [-0.25, -0.2) is 0 Å². The number of non-ortho nitro benzene ring substituents is 1. The van der Waals surface area contributed by atoms with Gasteiger partial charge in [-0.15, -0.1) is 0 Å². The van der Waals surface area contributed by atoms with E-state index in [1.54, 1.807) is 6.07 Å². The Balaban J connectivity index is 1.62. The molecular formula is C21H31N5O4. The number of carbonyl (C=O) groups excluding carboxylic acids is 2. The number of nitrogens with zero attached hydrogens (tertiary/aromatic N) is 4. The van der Waals surface area contributed by atoms with E-state index in [9.17, 15) is 19.7 Å². The van der Waals surface area contributed by atoms with Crippen molar-refractivity contribution in [2.75, 3.05) is 57.8 Å². The van der Waals surface area contributed by atoms with Crippen LogP contribution in [-0.2, 0) is 4.79 Å². The van der Waals surface area contributed by atoms with Crippen LogP contribution in [0.25, 0.3) is 0 Å². The lowest BCUT2D eigenvalue weighted by Gasteiger charge is -2.39. The Kier molecular flexibility index (Phi) is 6.91. The molecule has 9 nitrogen and oxygen atoms in total. The number of piperazine rings is 1. The summed E-state index contributed by atoms with van der Waals surface area (Å²) < 4.78 is 0. The number of likely N-dealkylation sites (tertiary alicyclic amines) is 1. The highest BCUT2D eigenvalue weighted by Crippen LogP contribution is 2.27. The van der Waals surface area contributed by atoms with Crippen LogP contribution in [0, 0.1) is 22.0 Å². The third-order valence-corrected chi connectivity index (χ3v) is 5.96. The van der Waals surface area contributed by atoms with Gasteiger partial charge in [0, 0.05) is 58.4 Å². The van der Waals surface area contributed by atoms with Crippen molar-refractivity contribution in [2.24, 2.45) is 11.8 Å². The van der Waals surface area contributed by atoms with Gasteiger partial charge in [-0.2, -0.15) is 0 Å². The highest BCUT2D eigenvalue weighted by atomic mass is 16.6. The van der Waals surface area contributed by atoms with Gasteiger partial charge in [0.15, 0.2) is 0 Å². The molecule has 2 heterocycles. The number of amides is 2. The number of hydrogen-bond acceptors (Lipinski definition) is 6. The predicted molar refractivity (Wildman–Crippen MR) is 115 cm³/mol. The molecule has 0 bridgehead atoms. The molecule has 2 aliphatic heterocycles. The first-order valence-corrected chi connectivity index (χ1v) is 10.5. The predicted octanol–water partition coefficient (Wildman–Crippen LogP) is 1.58. The van der Waals surface area contributed by atoms with E-state index < -0.39 is 4.92 Å². The van der Waals surface area contributed by atoms with Crippen molar-refractivity contribution >= 4 is 23.2 Å². The Hall–Kier alpha value is -2.68. The first kappa shape index (κ1) is 22.0. The van der Waals surface area contributed by atoms with Gasteiger partial charge >= 0.3 is 0 Å². The summed E-state index contributed by atoms with van der Waals surface area (Å²) in [5.41, 5.74) is 0.878. The molecule has 30 heavy (non-hydrogen) atoms. The van der Waals surface area contributed by atoms with Crippen molar-refractivity contribution in [1.29, 1.82) is 0 Å². The van der Waals surface area contributed by atoms with Crippen molar-refractivity contribution in [1.82, 2.24) is 15.1 Å². The quantitative estimate of drug-likeness (QED) is 0.577. The van der Waals surface area contributed by atoms with E-state index >= 15 is 0 Å². The lowest BCUT2D eigenvalue weighted by Crippen LogP contribution is -2.52. The van der Waals surface area contributed by atoms with Gasteiger partial charge in [-0.1, -0.05) is 13.8 Å². The zero-order chi connectivity index (χ0) is 21.8. The second-order valence-electron chi connectivity index (χ2n) is 8.55. The molecule has 0 aliphatic carbocycles. The van der Waals surface area contributed by atoms with E-state index in [2.05, 4.69) is 29.0 Å². The molecule has 0 radical (unpaired) electrons. The fourth-order valence-electron chi connectivity index (χ4n) is 4.53. The van der Waals surface area contributed by atoms with E-state index in [4.69, 9.17) is 0 Å². The molecule has 9 heteroatoms. The Labute approximate surface area is 177 Å². The molecule has 2 saturated heterocycles. The van der Waals surface area contributed by atoms with Gasteiger partial charge in [-0.05, 0) is 24.3 Å². The number of nitro groups is 1. The lowest BCUT2D eigenvalue weighted by molar-refractivity contribution is -0.384. The topological polar surface area (TPSA) is 99.0 Å². The Morgan fingerprint density at radius 1 is 1.13 bits per heavy atom. The van der Waals surface area contributed by atoms with Crippen LogP contribution in [0.4, 0.5) is 11.4 Å². The number of nitro benzene ring substituents is 1. The summed E-state index contributed by atoms with van der Waals surface area (Å²) in [7, 11) is 1.51. The highest BCUT2D eigenvalue weighted by molar-refractivity contribution is 6.00. The van der Waals surface area contributed by atoms with Gasteiger partial charge in [0.2, 0.25) is 5.91 Å². The summed E-state index contributed by atoms with van der Waals surface area (Å²) in [6.45, 7) is 9.19. The first-order valence-electron chi connectivity index (χ1n) is 10.5. The van der Waals surface area contributed by atoms with Gasteiger partial charge in [0.25, 0.3) is 11.6 Å². The second kappa shape index (κ2) is 9.42. The van der Waals surface area contributed by atoms with E-state index in [0.717, 1.165) is 13.1 Å². The standard InChI is InChI=1S/C21H31N5O4/c1-15-10-16(2)13-25(12-15)20(27)14-23-6-8-24(9-7-23)19-5-4-17(26(29)30)11-18(19)21(28)22-3/h4-5,11,15-16H,6-10,12-14H2,1-3H3,(H,22,28). The average Bonchev–Trinajstić information content (AvgIpc) is 2.72. The lowest BCUT2D eigenvalue weighted by atomic mass is 9.92. The maximum atomic E-state index is 12.7. The number of piperidine rings is 1. The van der Waals surface area contributed by atoms with Crippen LogP contribution in [0.15, 0.2) is 18.2 Å². The minimum atomic E-state index is -0.498. The minimum Gasteiger partial charge on any atom is -0.368 e. The smallest absolute Gasteiger partial charge is 0.270 e. The van der Waals surface area contributed by atoms with Crippen LogP contribution in [-0.4, -0.2) is 79.4 Å². The SMILES string of the molecule is CNC(=O)c1cc([N+](=O)[O-])ccc1N1CCN(CC(=O)N2CC(C)CC(C)C2)CC1. The molecule has 0 aromatic heterocycles. The molecule has 2 amide bonds. The first-order chi connectivity index (χ1) is 14.3. The largest absolute Gasteiger partial charge is 0.368 e. The number of anilines is 1. The van der Waals surface area contributed by atoms with Crippen LogP contribution >= 0.6 is 0 Å². The van der Waals surface area contributed by atoms with Gasteiger partial charge < -0.3 is 15.1 Å². The van der Waals surface area contributed by atoms with Crippen molar-refractivity contribution in [3.05, 3.63) is 33.9 Å². The average molecular weight is 418 g/mol. The molecule has 2 atom stereocenters. The monoisotopic (exact) mass is 417 g/mol. The number of carbonyl (C=O) groups is 2. The summed E-state index contributed by atoms with van der Waals surface area (Å²) in [4.78, 5) is 41.8. The van der Waals surface area contributed by atoms with Crippen LogP contribution in [0.3, 0.4) is 0 Å². The van der Waals surface area contributed by atoms with E-state index in [1.807, 2.05) is 4.90 Å².